The fourth-order valence-electron chi connectivity index (χ4n) is 1.76. The first-order valence-corrected chi connectivity index (χ1v) is 7.04. The van der Waals surface area contributed by atoms with Gasteiger partial charge in [-0.3, -0.25) is 10.1 Å². The first-order valence-electron chi connectivity index (χ1n) is 6.22. The molecule has 0 aliphatic carbocycles. The van der Waals surface area contributed by atoms with E-state index >= 15 is 0 Å². The summed E-state index contributed by atoms with van der Waals surface area (Å²) in [6.07, 6.45) is 0.968. The number of hydrogen-bond acceptors (Lipinski definition) is 5. The maximum Gasteiger partial charge on any atom is 0.311 e. The van der Waals surface area contributed by atoms with Gasteiger partial charge >= 0.3 is 5.69 Å². The summed E-state index contributed by atoms with van der Waals surface area (Å²) >= 11 is 1.64. The Labute approximate surface area is 120 Å². The average Bonchev–Trinajstić information content (AvgIpc) is 2.92. The number of aliphatic hydroxyl groups excluding tert-OH is 1. The van der Waals surface area contributed by atoms with Gasteiger partial charge in [0.1, 0.15) is 6.61 Å². The minimum atomic E-state index is -0.500. The molecule has 1 N–H and O–H groups in total. The zero-order valence-electron chi connectivity index (χ0n) is 11.0. The minimum absolute atomic E-state index is 0.121. The second-order valence-electron chi connectivity index (χ2n) is 4.23. The zero-order chi connectivity index (χ0) is 14.5. The Morgan fingerprint density at radius 2 is 2.05 bits per heavy atom. The lowest BCUT2D eigenvalue weighted by atomic mass is 10.2. The Kier molecular flexibility index (Phi) is 4.70. The highest BCUT2D eigenvalue weighted by Gasteiger charge is 2.16. The normalized spacial score (nSPS) is 10.5. The van der Waals surface area contributed by atoms with Gasteiger partial charge in [-0.2, -0.15) is 0 Å². The molecule has 1 aromatic heterocycles. The van der Waals surface area contributed by atoms with Gasteiger partial charge in [0.2, 0.25) is 0 Å². The van der Waals surface area contributed by atoms with E-state index in [-0.39, 0.29) is 18.0 Å². The molecule has 5 nitrogen and oxygen atoms in total. The van der Waals surface area contributed by atoms with E-state index in [1.165, 1.54) is 17.0 Å². The largest absolute Gasteiger partial charge is 0.481 e. The molecule has 2 aromatic rings. The lowest BCUT2D eigenvalue weighted by Gasteiger charge is -2.06. The molecule has 0 amide bonds. The molecule has 1 aromatic carbocycles. The Hall–Kier alpha value is -1.92. The van der Waals surface area contributed by atoms with Crippen LogP contribution in [0, 0.1) is 10.1 Å². The monoisotopic (exact) mass is 293 g/mol. The molecule has 0 radical (unpaired) electrons. The van der Waals surface area contributed by atoms with E-state index in [2.05, 4.69) is 6.92 Å². The highest BCUT2D eigenvalue weighted by atomic mass is 32.1. The van der Waals surface area contributed by atoms with Crippen molar-refractivity contribution in [2.75, 3.05) is 0 Å². The summed E-state index contributed by atoms with van der Waals surface area (Å²) in [5.41, 5.74) is 0.372. The van der Waals surface area contributed by atoms with Crippen molar-refractivity contribution in [2.45, 2.75) is 26.6 Å². The van der Waals surface area contributed by atoms with Crippen LogP contribution >= 0.6 is 11.3 Å². The number of nitro groups is 1. The van der Waals surface area contributed by atoms with Crippen LogP contribution in [0.4, 0.5) is 5.69 Å². The zero-order valence-corrected chi connectivity index (χ0v) is 11.9. The third kappa shape index (κ3) is 3.34. The smallest absolute Gasteiger partial charge is 0.311 e. The first kappa shape index (κ1) is 14.5. The number of aliphatic hydroxyl groups is 1. The quantitative estimate of drug-likeness (QED) is 0.655. The molecule has 6 heteroatoms. The van der Waals surface area contributed by atoms with Crippen LogP contribution in [-0.4, -0.2) is 10.0 Å². The van der Waals surface area contributed by atoms with Gasteiger partial charge in [0.25, 0.3) is 0 Å². The Morgan fingerprint density at radius 3 is 2.65 bits per heavy atom. The number of nitro benzene ring substituents is 1. The minimum Gasteiger partial charge on any atom is -0.481 e. The molecule has 0 aliphatic rings. The summed E-state index contributed by atoms with van der Waals surface area (Å²) in [6, 6.07) is 8.48. The lowest BCUT2D eigenvalue weighted by Crippen LogP contribution is -1.99. The van der Waals surface area contributed by atoms with Gasteiger partial charge in [0, 0.05) is 15.8 Å². The molecule has 0 saturated heterocycles. The third-order valence-electron chi connectivity index (χ3n) is 2.84. The maximum absolute atomic E-state index is 11.0. The van der Waals surface area contributed by atoms with E-state index in [1.807, 2.05) is 12.1 Å². The van der Waals surface area contributed by atoms with Crippen LogP contribution in [-0.2, 0) is 19.6 Å². The number of rotatable bonds is 6. The molecule has 106 valence electrons. The third-order valence-corrected chi connectivity index (χ3v) is 4.04. The van der Waals surface area contributed by atoms with Gasteiger partial charge < -0.3 is 9.84 Å². The molecule has 0 bridgehead atoms. The highest BCUT2D eigenvalue weighted by Crippen LogP contribution is 2.29. The molecular formula is C14H15NO4S. The molecule has 2 rings (SSSR count). The van der Waals surface area contributed by atoms with Crippen molar-refractivity contribution < 1.29 is 14.8 Å². The summed E-state index contributed by atoms with van der Waals surface area (Å²) < 4.78 is 5.53. The molecule has 0 saturated carbocycles. The van der Waals surface area contributed by atoms with Crippen molar-refractivity contribution in [2.24, 2.45) is 0 Å². The van der Waals surface area contributed by atoms with Gasteiger partial charge in [0.15, 0.2) is 5.75 Å². The highest BCUT2D eigenvalue weighted by molar-refractivity contribution is 7.11. The van der Waals surface area contributed by atoms with Crippen molar-refractivity contribution in [3.63, 3.8) is 0 Å². The molecule has 1 heterocycles. The van der Waals surface area contributed by atoms with Crippen molar-refractivity contribution >= 4 is 17.0 Å². The second-order valence-corrected chi connectivity index (χ2v) is 5.48. The molecule has 0 fully saturated rings. The van der Waals surface area contributed by atoms with Gasteiger partial charge in [-0.15, -0.1) is 11.3 Å². The fourth-order valence-corrected chi connectivity index (χ4v) is 2.64. The van der Waals surface area contributed by atoms with Crippen molar-refractivity contribution in [3.8, 4) is 5.75 Å². The molecular weight excluding hydrogens is 278 g/mol. The van der Waals surface area contributed by atoms with Crippen molar-refractivity contribution in [3.05, 3.63) is 55.8 Å². The van der Waals surface area contributed by atoms with Gasteiger partial charge in [0.05, 0.1) is 11.5 Å². The van der Waals surface area contributed by atoms with E-state index < -0.39 is 4.92 Å². The number of ether oxygens (including phenoxy) is 1. The number of benzene rings is 1. The number of thiophene rings is 1. The Morgan fingerprint density at radius 1 is 1.30 bits per heavy atom. The van der Waals surface area contributed by atoms with E-state index in [0.717, 1.165) is 11.3 Å². The maximum atomic E-state index is 11.0. The summed E-state index contributed by atoms with van der Waals surface area (Å²) in [6.45, 7) is 2.16. The molecule has 0 aliphatic heterocycles. The van der Waals surface area contributed by atoms with Gasteiger partial charge in [-0.25, -0.2) is 0 Å². The van der Waals surface area contributed by atoms with E-state index in [9.17, 15) is 10.1 Å². The predicted molar refractivity (Wildman–Crippen MR) is 77.0 cm³/mol. The van der Waals surface area contributed by atoms with E-state index in [0.29, 0.717) is 12.2 Å². The van der Waals surface area contributed by atoms with Crippen LogP contribution in [0.25, 0.3) is 0 Å². The molecule has 0 atom stereocenters. The van der Waals surface area contributed by atoms with Crippen molar-refractivity contribution in [1.82, 2.24) is 0 Å². The van der Waals surface area contributed by atoms with E-state index in [4.69, 9.17) is 9.84 Å². The fraction of sp³-hybridized carbons (Fsp3) is 0.286. The Balaban J connectivity index is 2.14. The predicted octanol–water partition coefficient (Wildman–Crippen LogP) is 3.29. The van der Waals surface area contributed by atoms with Crippen molar-refractivity contribution in [1.29, 1.82) is 0 Å². The average molecular weight is 293 g/mol. The van der Waals surface area contributed by atoms with Crippen LogP contribution in [0.2, 0.25) is 0 Å². The summed E-state index contributed by atoms with van der Waals surface area (Å²) in [5.74, 6) is 0.221. The Bertz CT molecular complexity index is 609. The number of hydrogen-bond donors (Lipinski definition) is 1. The van der Waals surface area contributed by atoms with E-state index in [1.54, 1.807) is 17.4 Å². The summed E-state index contributed by atoms with van der Waals surface area (Å²) in [4.78, 5) is 12.8. The van der Waals surface area contributed by atoms with Gasteiger partial charge in [-0.05, 0) is 30.2 Å². The van der Waals surface area contributed by atoms with Crippen LogP contribution in [0.1, 0.15) is 22.2 Å². The van der Waals surface area contributed by atoms with Gasteiger partial charge in [-0.1, -0.05) is 13.0 Å². The van der Waals surface area contributed by atoms with Crippen LogP contribution in [0.15, 0.2) is 30.3 Å². The number of nitrogens with zero attached hydrogens (tertiary/aromatic N) is 1. The molecule has 0 spiro atoms. The van der Waals surface area contributed by atoms with Crippen LogP contribution in [0.3, 0.4) is 0 Å². The second kappa shape index (κ2) is 6.49. The molecule has 0 unspecified atom stereocenters. The van der Waals surface area contributed by atoms with Crippen LogP contribution < -0.4 is 4.74 Å². The first-order chi connectivity index (χ1) is 9.63. The van der Waals surface area contributed by atoms with Crippen LogP contribution in [0.5, 0.6) is 5.75 Å². The molecule has 20 heavy (non-hydrogen) atoms. The SMILES string of the molecule is CCc1ccc(COc2ccc(CO)cc2[N+](=O)[O-])s1. The topological polar surface area (TPSA) is 72.6 Å². The standard InChI is InChI=1S/C14H15NO4S/c1-2-11-4-5-12(20-11)9-19-14-6-3-10(8-16)7-13(14)15(17)18/h3-7,16H,2,8-9H2,1H3. The summed E-state index contributed by atoms with van der Waals surface area (Å²) in [5, 5.41) is 20.0. The lowest BCUT2D eigenvalue weighted by molar-refractivity contribution is -0.386. The summed E-state index contributed by atoms with van der Waals surface area (Å²) in [7, 11) is 0. The number of aryl methyl sites for hydroxylation is 1.